The molecule has 0 aliphatic rings. The maximum absolute atomic E-state index is 12.2. The third-order valence-corrected chi connectivity index (χ3v) is 3.44. The Morgan fingerprint density at radius 1 is 1.35 bits per heavy atom. The van der Waals surface area contributed by atoms with Gasteiger partial charge in [-0.1, -0.05) is 24.2 Å². The molecule has 8 nitrogen and oxygen atoms in total. The Balaban J connectivity index is 1.75. The number of amides is 1. The molecule has 0 aromatic carbocycles. The van der Waals surface area contributed by atoms with Gasteiger partial charge >= 0.3 is 0 Å². The molecule has 3 aromatic rings. The molecular weight excluding hydrogens is 296 g/mol. The molecule has 0 saturated heterocycles. The second-order valence-corrected chi connectivity index (χ2v) is 5.84. The molecule has 0 spiro atoms. The third-order valence-electron chi connectivity index (χ3n) is 3.44. The standard InChI is InChI=1S/C15H18N6O2/c1-9(2)7-21-8-18-12-4-11(5-16-14(12)21)15(22)17-6-13-10(3)19-23-20-13/h4-5,8-9H,6-7H2,1-3H3,(H,17,22). The van der Waals surface area contributed by atoms with Gasteiger partial charge in [-0.05, 0) is 18.9 Å². The van der Waals surface area contributed by atoms with Gasteiger partial charge in [0.15, 0.2) is 5.65 Å². The van der Waals surface area contributed by atoms with Gasteiger partial charge in [-0.25, -0.2) is 14.6 Å². The molecule has 120 valence electrons. The minimum atomic E-state index is -0.236. The van der Waals surface area contributed by atoms with E-state index in [0.717, 1.165) is 12.2 Å². The van der Waals surface area contributed by atoms with Gasteiger partial charge in [0.2, 0.25) is 0 Å². The van der Waals surface area contributed by atoms with Crippen LogP contribution in [0.3, 0.4) is 0 Å². The van der Waals surface area contributed by atoms with Gasteiger partial charge in [-0.2, -0.15) is 0 Å². The Bertz CT molecular complexity index is 835. The van der Waals surface area contributed by atoms with Crippen LogP contribution >= 0.6 is 0 Å². The molecule has 8 heteroatoms. The van der Waals surface area contributed by atoms with Crippen molar-refractivity contribution < 1.29 is 9.42 Å². The van der Waals surface area contributed by atoms with E-state index in [-0.39, 0.29) is 12.5 Å². The summed E-state index contributed by atoms with van der Waals surface area (Å²) in [6, 6.07) is 1.74. The molecule has 0 aliphatic carbocycles. The van der Waals surface area contributed by atoms with Crippen LogP contribution in [0.4, 0.5) is 0 Å². The minimum absolute atomic E-state index is 0.236. The van der Waals surface area contributed by atoms with Crippen molar-refractivity contribution in [3.05, 3.63) is 35.5 Å². The molecule has 0 unspecified atom stereocenters. The molecule has 0 atom stereocenters. The molecule has 23 heavy (non-hydrogen) atoms. The van der Waals surface area contributed by atoms with E-state index in [2.05, 4.69) is 44.1 Å². The summed E-state index contributed by atoms with van der Waals surface area (Å²) in [6.45, 7) is 7.14. The van der Waals surface area contributed by atoms with Crippen molar-refractivity contribution in [1.82, 2.24) is 30.2 Å². The number of imidazole rings is 1. The Morgan fingerprint density at radius 2 is 2.17 bits per heavy atom. The number of carbonyl (C=O) groups excluding carboxylic acids is 1. The van der Waals surface area contributed by atoms with Crippen LogP contribution in [0.5, 0.6) is 0 Å². The predicted molar refractivity (Wildman–Crippen MR) is 82.6 cm³/mol. The zero-order valence-electron chi connectivity index (χ0n) is 13.3. The van der Waals surface area contributed by atoms with Gasteiger partial charge in [0.1, 0.15) is 16.9 Å². The zero-order chi connectivity index (χ0) is 16.4. The van der Waals surface area contributed by atoms with E-state index in [4.69, 9.17) is 0 Å². The smallest absolute Gasteiger partial charge is 0.253 e. The van der Waals surface area contributed by atoms with Crippen LogP contribution in [0.25, 0.3) is 11.2 Å². The molecule has 0 aliphatic heterocycles. The number of aromatic nitrogens is 5. The Morgan fingerprint density at radius 3 is 2.87 bits per heavy atom. The summed E-state index contributed by atoms with van der Waals surface area (Å²) < 4.78 is 6.59. The van der Waals surface area contributed by atoms with Gasteiger partial charge in [0, 0.05) is 12.7 Å². The predicted octanol–water partition coefficient (Wildman–Crippen LogP) is 1.71. The van der Waals surface area contributed by atoms with Crippen molar-refractivity contribution in [3.8, 4) is 0 Å². The molecule has 0 saturated carbocycles. The minimum Gasteiger partial charge on any atom is -0.346 e. The Hall–Kier alpha value is -2.77. The number of hydrogen-bond donors (Lipinski definition) is 1. The Labute approximate surface area is 132 Å². The maximum Gasteiger partial charge on any atom is 0.253 e. The zero-order valence-corrected chi connectivity index (χ0v) is 13.3. The summed E-state index contributed by atoms with van der Waals surface area (Å²) in [4.78, 5) is 20.9. The highest BCUT2D eigenvalue weighted by Crippen LogP contribution is 2.14. The first-order chi connectivity index (χ1) is 11.0. The summed E-state index contributed by atoms with van der Waals surface area (Å²) in [5.74, 6) is 0.261. The number of carbonyl (C=O) groups is 1. The lowest BCUT2D eigenvalue weighted by Crippen LogP contribution is -2.23. The van der Waals surface area contributed by atoms with Gasteiger partial charge in [0.25, 0.3) is 5.91 Å². The van der Waals surface area contributed by atoms with Crippen LogP contribution < -0.4 is 5.32 Å². The van der Waals surface area contributed by atoms with Gasteiger partial charge in [-0.15, -0.1) is 0 Å². The van der Waals surface area contributed by atoms with Crippen LogP contribution in [0.1, 0.15) is 35.6 Å². The van der Waals surface area contributed by atoms with Crippen molar-refractivity contribution in [2.45, 2.75) is 33.9 Å². The quantitative estimate of drug-likeness (QED) is 0.769. The number of hydrogen-bond acceptors (Lipinski definition) is 6. The van der Waals surface area contributed by atoms with Crippen LogP contribution in [-0.2, 0) is 13.1 Å². The molecule has 3 heterocycles. The number of rotatable bonds is 5. The summed E-state index contributed by atoms with van der Waals surface area (Å²) in [7, 11) is 0. The van der Waals surface area contributed by atoms with Crippen LogP contribution in [0.15, 0.2) is 23.2 Å². The van der Waals surface area contributed by atoms with E-state index < -0.39 is 0 Å². The van der Waals surface area contributed by atoms with Crippen molar-refractivity contribution in [2.75, 3.05) is 0 Å². The summed E-state index contributed by atoms with van der Waals surface area (Å²) in [5, 5.41) is 10.2. The summed E-state index contributed by atoms with van der Waals surface area (Å²) in [6.07, 6.45) is 3.31. The maximum atomic E-state index is 12.2. The normalized spacial score (nSPS) is 11.3. The summed E-state index contributed by atoms with van der Waals surface area (Å²) in [5.41, 5.74) is 3.21. The fraction of sp³-hybridized carbons (Fsp3) is 0.400. The molecule has 0 radical (unpaired) electrons. The first-order valence-electron chi connectivity index (χ1n) is 7.41. The van der Waals surface area contributed by atoms with Crippen molar-refractivity contribution in [1.29, 1.82) is 0 Å². The number of nitrogens with zero attached hydrogens (tertiary/aromatic N) is 5. The average Bonchev–Trinajstić information content (AvgIpc) is 3.10. The van der Waals surface area contributed by atoms with Crippen LogP contribution in [0.2, 0.25) is 0 Å². The van der Waals surface area contributed by atoms with E-state index in [1.807, 2.05) is 4.57 Å². The highest BCUT2D eigenvalue weighted by atomic mass is 16.6. The third kappa shape index (κ3) is 3.20. The molecule has 3 aromatic heterocycles. The fourth-order valence-electron chi connectivity index (χ4n) is 2.28. The monoisotopic (exact) mass is 314 g/mol. The number of fused-ring (bicyclic) bond motifs is 1. The molecule has 1 N–H and O–H groups in total. The lowest BCUT2D eigenvalue weighted by atomic mass is 10.2. The number of pyridine rings is 1. The largest absolute Gasteiger partial charge is 0.346 e. The second kappa shape index (κ2) is 6.15. The lowest BCUT2D eigenvalue weighted by molar-refractivity contribution is 0.0949. The molecular formula is C15H18N6O2. The van der Waals surface area contributed by atoms with E-state index in [1.54, 1.807) is 25.5 Å². The number of aryl methyl sites for hydroxylation is 1. The molecule has 3 rings (SSSR count). The first-order valence-corrected chi connectivity index (χ1v) is 7.41. The second-order valence-electron chi connectivity index (χ2n) is 5.84. The molecule has 0 bridgehead atoms. The van der Waals surface area contributed by atoms with Crippen LogP contribution in [0, 0.1) is 12.8 Å². The lowest BCUT2D eigenvalue weighted by Gasteiger charge is -2.07. The van der Waals surface area contributed by atoms with E-state index in [1.165, 1.54) is 0 Å². The highest BCUT2D eigenvalue weighted by Gasteiger charge is 2.12. The van der Waals surface area contributed by atoms with Gasteiger partial charge in [-0.3, -0.25) is 4.79 Å². The fourth-order valence-corrected chi connectivity index (χ4v) is 2.28. The van der Waals surface area contributed by atoms with E-state index in [9.17, 15) is 4.79 Å². The SMILES string of the molecule is Cc1nonc1CNC(=O)c1cnc2c(c1)ncn2CC(C)C. The van der Waals surface area contributed by atoms with Crippen molar-refractivity contribution in [2.24, 2.45) is 5.92 Å². The van der Waals surface area contributed by atoms with Gasteiger partial charge < -0.3 is 9.88 Å². The van der Waals surface area contributed by atoms with Crippen molar-refractivity contribution in [3.63, 3.8) is 0 Å². The van der Waals surface area contributed by atoms with Crippen molar-refractivity contribution >= 4 is 17.1 Å². The van der Waals surface area contributed by atoms with E-state index in [0.29, 0.717) is 28.4 Å². The van der Waals surface area contributed by atoms with E-state index >= 15 is 0 Å². The average molecular weight is 314 g/mol. The van der Waals surface area contributed by atoms with Gasteiger partial charge in [0.05, 0.1) is 18.4 Å². The molecule has 0 fully saturated rings. The highest BCUT2D eigenvalue weighted by molar-refractivity contribution is 5.96. The Kier molecular flexibility index (Phi) is 4.05. The first kappa shape index (κ1) is 15.1. The topological polar surface area (TPSA) is 98.7 Å². The van der Waals surface area contributed by atoms with Crippen LogP contribution in [-0.4, -0.2) is 30.8 Å². The number of nitrogens with one attached hydrogen (secondary N) is 1. The molecule has 1 amide bonds. The summed E-state index contributed by atoms with van der Waals surface area (Å²) >= 11 is 0.